The van der Waals surface area contributed by atoms with E-state index < -0.39 is 0 Å². The summed E-state index contributed by atoms with van der Waals surface area (Å²) in [6, 6.07) is 7.69. The minimum absolute atomic E-state index is 0.0155. The van der Waals surface area contributed by atoms with Crippen LogP contribution in [0.1, 0.15) is 31.2 Å². The molecule has 2 heterocycles. The maximum atomic E-state index is 12.5. The zero-order valence-corrected chi connectivity index (χ0v) is 14.3. The van der Waals surface area contributed by atoms with E-state index >= 15 is 0 Å². The molecule has 0 radical (unpaired) electrons. The van der Waals surface area contributed by atoms with Gasteiger partial charge < -0.3 is 14.4 Å². The maximum absolute atomic E-state index is 12.5. The van der Waals surface area contributed by atoms with Gasteiger partial charge in [0.15, 0.2) is 0 Å². The average molecular weight is 338 g/mol. The van der Waals surface area contributed by atoms with E-state index in [0.29, 0.717) is 13.0 Å². The van der Waals surface area contributed by atoms with Crippen LogP contribution >= 0.6 is 11.6 Å². The van der Waals surface area contributed by atoms with Crippen LogP contribution in [0.3, 0.4) is 0 Å². The molecular weight excluding hydrogens is 314 g/mol. The largest absolute Gasteiger partial charge is 0.377 e. The van der Waals surface area contributed by atoms with Gasteiger partial charge in [0.1, 0.15) is 6.10 Å². The highest BCUT2D eigenvalue weighted by atomic mass is 35.5. The van der Waals surface area contributed by atoms with Gasteiger partial charge in [-0.25, -0.2) is 0 Å². The maximum Gasteiger partial charge on any atom is 0.222 e. The Bertz CT molecular complexity index is 540. The Labute approximate surface area is 142 Å². The first-order valence-electron chi connectivity index (χ1n) is 8.32. The fraction of sp³-hybridized carbons (Fsp3) is 0.611. The summed E-state index contributed by atoms with van der Waals surface area (Å²) >= 11 is 5.89. The van der Waals surface area contributed by atoms with Gasteiger partial charge in [0, 0.05) is 38.2 Å². The Morgan fingerprint density at radius 2 is 2.17 bits per heavy atom. The molecule has 0 aromatic heterocycles. The van der Waals surface area contributed by atoms with Crippen LogP contribution in [0.25, 0.3) is 0 Å². The molecule has 0 bridgehead atoms. The molecule has 0 aliphatic carbocycles. The number of rotatable bonds is 4. The number of methoxy groups -OCH3 is 1. The number of aryl methyl sites for hydroxylation is 1. The third-order valence-corrected chi connectivity index (χ3v) is 5.34. The molecule has 0 N–H and O–H groups in total. The number of hydrogen-bond acceptors (Lipinski definition) is 3. The third kappa shape index (κ3) is 3.70. The second-order valence-corrected chi connectivity index (χ2v) is 6.89. The number of likely N-dealkylation sites (tertiary alicyclic amines) is 1. The van der Waals surface area contributed by atoms with Crippen molar-refractivity contribution in [3.63, 3.8) is 0 Å². The van der Waals surface area contributed by atoms with Gasteiger partial charge in [-0.3, -0.25) is 4.79 Å². The van der Waals surface area contributed by atoms with Gasteiger partial charge in [0.25, 0.3) is 0 Å². The summed E-state index contributed by atoms with van der Waals surface area (Å²) in [5, 5.41) is 0.723. The van der Waals surface area contributed by atoms with Gasteiger partial charge in [-0.2, -0.15) is 0 Å². The molecule has 1 aromatic rings. The highest BCUT2D eigenvalue weighted by Gasteiger charge is 2.47. The highest BCUT2D eigenvalue weighted by Crippen LogP contribution is 2.37. The van der Waals surface area contributed by atoms with Gasteiger partial charge in [0.2, 0.25) is 5.91 Å². The molecule has 2 aliphatic heterocycles. The molecule has 1 spiro atoms. The molecule has 2 fully saturated rings. The molecule has 2 atom stereocenters. The normalized spacial score (nSPS) is 27.6. The second kappa shape index (κ2) is 7.20. The minimum atomic E-state index is -0.165. The first kappa shape index (κ1) is 16.7. The Hall–Kier alpha value is -1.10. The molecule has 0 saturated carbocycles. The van der Waals surface area contributed by atoms with Crippen LogP contribution in [0, 0.1) is 0 Å². The smallest absolute Gasteiger partial charge is 0.222 e. The van der Waals surface area contributed by atoms with Crippen LogP contribution in [-0.4, -0.2) is 49.3 Å². The minimum Gasteiger partial charge on any atom is -0.377 e. The molecule has 5 heteroatoms. The molecule has 1 amide bonds. The number of nitrogens with zero attached hydrogens (tertiary/aromatic N) is 1. The van der Waals surface area contributed by atoms with Crippen molar-refractivity contribution in [2.24, 2.45) is 0 Å². The third-order valence-electron chi connectivity index (χ3n) is 5.09. The van der Waals surface area contributed by atoms with Crippen LogP contribution in [0.5, 0.6) is 0 Å². The molecule has 1 aromatic carbocycles. The van der Waals surface area contributed by atoms with E-state index in [9.17, 15) is 4.79 Å². The lowest BCUT2D eigenvalue weighted by atomic mass is 9.85. The number of ether oxygens (including phenoxy) is 2. The van der Waals surface area contributed by atoms with Crippen LogP contribution < -0.4 is 0 Å². The number of hydrogen-bond donors (Lipinski definition) is 0. The number of benzene rings is 1. The SMILES string of the molecule is CO[C@H]1CN(C(=O)CCc2ccc(Cl)cc2)CC[C@@]12CCCO2. The van der Waals surface area contributed by atoms with E-state index in [1.165, 1.54) is 0 Å². The van der Waals surface area contributed by atoms with E-state index in [1.807, 2.05) is 29.2 Å². The van der Waals surface area contributed by atoms with Gasteiger partial charge in [-0.05, 0) is 43.4 Å². The van der Waals surface area contributed by atoms with Crippen molar-refractivity contribution in [3.05, 3.63) is 34.9 Å². The standard InChI is InChI=1S/C18H24ClNO3/c1-22-16-13-20(11-10-18(16)9-2-12-23-18)17(21)8-5-14-3-6-15(19)7-4-14/h3-4,6-7,16H,2,5,8-13H2,1H3/t16-,18-/m0/s1. The second-order valence-electron chi connectivity index (χ2n) is 6.46. The van der Waals surface area contributed by atoms with Crippen molar-refractivity contribution < 1.29 is 14.3 Å². The van der Waals surface area contributed by atoms with Crippen LogP contribution in [0.15, 0.2) is 24.3 Å². The zero-order chi connectivity index (χ0) is 16.3. The van der Waals surface area contributed by atoms with Crippen LogP contribution in [0.2, 0.25) is 5.02 Å². The predicted octanol–water partition coefficient (Wildman–Crippen LogP) is 3.07. The number of carbonyl (C=O) groups is 1. The van der Waals surface area contributed by atoms with E-state index in [4.69, 9.17) is 21.1 Å². The van der Waals surface area contributed by atoms with Crippen molar-refractivity contribution in [1.82, 2.24) is 4.90 Å². The predicted molar refractivity (Wildman–Crippen MR) is 89.7 cm³/mol. The highest BCUT2D eigenvalue weighted by molar-refractivity contribution is 6.30. The van der Waals surface area contributed by atoms with Crippen molar-refractivity contribution >= 4 is 17.5 Å². The van der Waals surface area contributed by atoms with E-state index in [2.05, 4.69) is 0 Å². The van der Waals surface area contributed by atoms with Crippen LogP contribution in [-0.2, 0) is 20.7 Å². The van der Waals surface area contributed by atoms with E-state index in [-0.39, 0.29) is 17.6 Å². The Kier molecular flexibility index (Phi) is 5.24. The summed E-state index contributed by atoms with van der Waals surface area (Å²) in [7, 11) is 1.72. The van der Waals surface area contributed by atoms with Crippen molar-refractivity contribution in [2.75, 3.05) is 26.8 Å². The average Bonchev–Trinajstić information content (AvgIpc) is 3.03. The quantitative estimate of drug-likeness (QED) is 0.847. The van der Waals surface area contributed by atoms with Gasteiger partial charge in [-0.15, -0.1) is 0 Å². The monoisotopic (exact) mass is 337 g/mol. The Balaban J connectivity index is 1.55. The molecule has 4 nitrogen and oxygen atoms in total. The van der Waals surface area contributed by atoms with Crippen molar-refractivity contribution in [1.29, 1.82) is 0 Å². The molecule has 2 aliphatic rings. The summed E-state index contributed by atoms with van der Waals surface area (Å²) < 4.78 is 11.6. The molecule has 126 valence electrons. The lowest BCUT2D eigenvalue weighted by molar-refractivity contribution is -0.158. The molecule has 3 rings (SSSR count). The fourth-order valence-corrected chi connectivity index (χ4v) is 3.82. The topological polar surface area (TPSA) is 38.8 Å². The van der Waals surface area contributed by atoms with E-state index in [1.54, 1.807) is 7.11 Å². The molecule has 23 heavy (non-hydrogen) atoms. The first-order chi connectivity index (χ1) is 11.1. The van der Waals surface area contributed by atoms with Crippen molar-refractivity contribution in [3.8, 4) is 0 Å². The lowest BCUT2D eigenvalue weighted by Gasteiger charge is -2.44. The zero-order valence-electron chi connectivity index (χ0n) is 13.6. The number of piperidine rings is 1. The van der Waals surface area contributed by atoms with Crippen LogP contribution in [0.4, 0.5) is 0 Å². The number of halogens is 1. The molecule has 2 saturated heterocycles. The van der Waals surface area contributed by atoms with Gasteiger partial charge >= 0.3 is 0 Å². The van der Waals surface area contributed by atoms with Crippen molar-refractivity contribution in [2.45, 2.75) is 43.8 Å². The summed E-state index contributed by atoms with van der Waals surface area (Å²) in [6.45, 7) is 2.21. The van der Waals surface area contributed by atoms with Gasteiger partial charge in [-0.1, -0.05) is 23.7 Å². The Morgan fingerprint density at radius 1 is 1.39 bits per heavy atom. The summed E-state index contributed by atoms with van der Waals surface area (Å²) in [5.41, 5.74) is 0.973. The Morgan fingerprint density at radius 3 is 2.83 bits per heavy atom. The summed E-state index contributed by atoms with van der Waals surface area (Å²) in [6.07, 6.45) is 4.25. The van der Waals surface area contributed by atoms with E-state index in [0.717, 1.165) is 49.4 Å². The number of carbonyl (C=O) groups excluding carboxylic acids is 1. The summed E-state index contributed by atoms with van der Waals surface area (Å²) in [5.74, 6) is 0.190. The number of amides is 1. The molecule has 0 unspecified atom stereocenters. The first-order valence-corrected chi connectivity index (χ1v) is 8.70. The lowest BCUT2D eigenvalue weighted by Crippen LogP contribution is -2.57. The summed E-state index contributed by atoms with van der Waals surface area (Å²) in [4.78, 5) is 14.4. The fourth-order valence-electron chi connectivity index (χ4n) is 3.69. The van der Waals surface area contributed by atoms with Gasteiger partial charge in [0.05, 0.1) is 5.60 Å². The molecular formula is C18H24ClNO3.